The van der Waals surface area contributed by atoms with E-state index in [4.69, 9.17) is 14.2 Å². The van der Waals surface area contributed by atoms with E-state index < -0.39 is 9.84 Å². The van der Waals surface area contributed by atoms with Crippen LogP contribution in [0.2, 0.25) is 0 Å². The molecule has 1 aromatic rings. The molecule has 1 N–H and O–H groups in total. The first kappa shape index (κ1) is 20.5. The Kier molecular flexibility index (Phi) is 7.67. The molecule has 0 aliphatic carbocycles. The molecule has 8 nitrogen and oxygen atoms in total. The number of amides is 1. The number of methoxy groups -OCH3 is 2. The van der Waals surface area contributed by atoms with Gasteiger partial charge in [0.05, 0.1) is 38.1 Å². The van der Waals surface area contributed by atoms with Crippen molar-refractivity contribution in [2.45, 2.75) is 11.3 Å². The number of nitrogens with zero attached hydrogens (tertiary/aromatic N) is 1. The van der Waals surface area contributed by atoms with Crippen molar-refractivity contribution in [3.05, 3.63) is 18.2 Å². The Balaban J connectivity index is 1.82. The number of nitrogens with one attached hydrogen (secondary N) is 1. The van der Waals surface area contributed by atoms with Gasteiger partial charge in [-0.15, -0.1) is 0 Å². The fraction of sp³-hybridized carbons (Fsp3) is 0.588. The first-order valence-corrected chi connectivity index (χ1v) is 10.1. The van der Waals surface area contributed by atoms with Crippen LogP contribution in [0.1, 0.15) is 6.42 Å². The van der Waals surface area contributed by atoms with Crippen LogP contribution >= 0.6 is 0 Å². The largest absolute Gasteiger partial charge is 0.493 e. The third-order valence-corrected chi connectivity index (χ3v) is 5.88. The van der Waals surface area contributed by atoms with E-state index in [1.54, 1.807) is 0 Å². The van der Waals surface area contributed by atoms with Gasteiger partial charge in [-0.25, -0.2) is 8.42 Å². The monoisotopic (exact) mass is 386 g/mol. The molecule has 0 radical (unpaired) electrons. The zero-order valence-corrected chi connectivity index (χ0v) is 16.0. The summed E-state index contributed by atoms with van der Waals surface area (Å²) in [6.07, 6.45) is -0.0835. The maximum Gasteiger partial charge on any atom is 0.221 e. The summed E-state index contributed by atoms with van der Waals surface area (Å²) in [7, 11) is -0.662. The molecule has 1 aliphatic rings. The Morgan fingerprint density at radius 2 is 1.88 bits per heavy atom. The second-order valence-corrected chi connectivity index (χ2v) is 8.00. The molecular formula is C17H26N2O6S. The average molecular weight is 386 g/mol. The van der Waals surface area contributed by atoms with E-state index in [0.717, 1.165) is 19.6 Å². The second kappa shape index (κ2) is 9.75. The minimum atomic E-state index is -3.58. The summed E-state index contributed by atoms with van der Waals surface area (Å²) >= 11 is 0. The number of ether oxygens (including phenoxy) is 3. The summed E-state index contributed by atoms with van der Waals surface area (Å²) < 4.78 is 40.3. The van der Waals surface area contributed by atoms with Gasteiger partial charge in [-0.3, -0.25) is 9.69 Å². The lowest BCUT2D eigenvalue weighted by atomic mass is 10.3. The molecule has 0 atom stereocenters. The highest BCUT2D eigenvalue weighted by molar-refractivity contribution is 7.91. The van der Waals surface area contributed by atoms with Gasteiger partial charge < -0.3 is 19.5 Å². The van der Waals surface area contributed by atoms with Gasteiger partial charge >= 0.3 is 0 Å². The Bertz CT molecular complexity index is 701. The third-order valence-electron chi connectivity index (χ3n) is 4.17. The van der Waals surface area contributed by atoms with Gasteiger partial charge in [-0.2, -0.15) is 0 Å². The summed E-state index contributed by atoms with van der Waals surface area (Å²) in [6, 6.07) is 4.39. The number of rotatable bonds is 9. The lowest BCUT2D eigenvalue weighted by Gasteiger charge is -2.26. The smallest absolute Gasteiger partial charge is 0.221 e. The highest BCUT2D eigenvalue weighted by Gasteiger charge is 2.19. The molecule has 0 unspecified atom stereocenters. The van der Waals surface area contributed by atoms with Crippen molar-refractivity contribution in [3.63, 3.8) is 0 Å². The normalized spacial score (nSPS) is 15.5. The highest BCUT2D eigenvalue weighted by Crippen LogP contribution is 2.29. The van der Waals surface area contributed by atoms with Crippen molar-refractivity contribution in [1.29, 1.82) is 0 Å². The average Bonchev–Trinajstić information content (AvgIpc) is 2.66. The molecule has 1 amide bonds. The van der Waals surface area contributed by atoms with Gasteiger partial charge in [0.1, 0.15) is 0 Å². The van der Waals surface area contributed by atoms with E-state index in [1.807, 2.05) is 0 Å². The maximum absolute atomic E-state index is 12.4. The number of benzene rings is 1. The molecule has 0 saturated carbocycles. The first-order chi connectivity index (χ1) is 12.5. The zero-order chi connectivity index (χ0) is 19.0. The lowest BCUT2D eigenvalue weighted by Crippen LogP contribution is -2.41. The van der Waals surface area contributed by atoms with E-state index >= 15 is 0 Å². The standard InChI is InChI=1S/C17H26N2O6S/c1-23-15-4-3-14(13-16(15)24-2)26(21,22)12-5-17(20)18-6-7-19-8-10-25-11-9-19/h3-4,13H,5-12H2,1-2H3,(H,18,20). The van der Waals surface area contributed by atoms with Crippen molar-refractivity contribution < 1.29 is 27.4 Å². The summed E-state index contributed by atoms with van der Waals surface area (Å²) in [5.74, 6) is 0.254. The van der Waals surface area contributed by atoms with E-state index in [-0.39, 0.29) is 23.0 Å². The Hall–Kier alpha value is -1.84. The van der Waals surface area contributed by atoms with Crippen LogP contribution in [0, 0.1) is 0 Å². The number of carbonyl (C=O) groups is 1. The number of carbonyl (C=O) groups excluding carboxylic acids is 1. The lowest BCUT2D eigenvalue weighted by molar-refractivity contribution is -0.120. The van der Waals surface area contributed by atoms with E-state index in [9.17, 15) is 13.2 Å². The quantitative estimate of drug-likeness (QED) is 0.653. The summed E-state index contributed by atoms with van der Waals surface area (Å²) in [6.45, 7) is 4.34. The molecule has 146 valence electrons. The van der Waals surface area contributed by atoms with Crippen molar-refractivity contribution in [2.24, 2.45) is 0 Å². The van der Waals surface area contributed by atoms with Gasteiger partial charge in [0.25, 0.3) is 0 Å². The fourth-order valence-electron chi connectivity index (χ4n) is 2.62. The molecule has 0 spiro atoms. The van der Waals surface area contributed by atoms with Crippen LogP contribution in [0.4, 0.5) is 0 Å². The van der Waals surface area contributed by atoms with Crippen molar-refractivity contribution in [2.75, 3.05) is 59.4 Å². The van der Waals surface area contributed by atoms with Crippen LogP contribution in [0.25, 0.3) is 0 Å². The highest BCUT2D eigenvalue weighted by atomic mass is 32.2. The van der Waals surface area contributed by atoms with Crippen LogP contribution in [0.3, 0.4) is 0 Å². The van der Waals surface area contributed by atoms with Gasteiger partial charge in [0.2, 0.25) is 5.91 Å². The molecule has 1 heterocycles. The fourth-order valence-corrected chi connectivity index (χ4v) is 3.87. The van der Waals surface area contributed by atoms with Gasteiger partial charge in [0.15, 0.2) is 21.3 Å². The van der Waals surface area contributed by atoms with Crippen LogP contribution in [-0.4, -0.2) is 78.6 Å². The number of hydrogen-bond donors (Lipinski definition) is 1. The maximum atomic E-state index is 12.4. The van der Waals surface area contributed by atoms with E-state index in [1.165, 1.54) is 32.4 Å². The van der Waals surface area contributed by atoms with Gasteiger partial charge in [-0.1, -0.05) is 0 Å². The molecule has 9 heteroatoms. The molecule has 0 bridgehead atoms. The Morgan fingerprint density at radius 3 is 2.54 bits per heavy atom. The van der Waals surface area contributed by atoms with Crippen molar-refractivity contribution in [1.82, 2.24) is 10.2 Å². The predicted molar refractivity (Wildman–Crippen MR) is 96.5 cm³/mol. The van der Waals surface area contributed by atoms with Crippen molar-refractivity contribution >= 4 is 15.7 Å². The Labute approximate surface area is 154 Å². The SMILES string of the molecule is COc1ccc(S(=O)(=O)CCC(=O)NCCN2CCOCC2)cc1OC. The second-order valence-electron chi connectivity index (χ2n) is 5.89. The molecule has 0 aromatic heterocycles. The Morgan fingerprint density at radius 1 is 1.19 bits per heavy atom. The molecule has 26 heavy (non-hydrogen) atoms. The number of sulfone groups is 1. The van der Waals surface area contributed by atoms with Gasteiger partial charge in [-0.05, 0) is 12.1 Å². The van der Waals surface area contributed by atoms with Crippen LogP contribution in [0.15, 0.2) is 23.1 Å². The molecule has 1 aromatic carbocycles. The van der Waals surface area contributed by atoms with Crippen LogP contribution < -0.4 is 14.8 Å². The molecule has 1 fully saturated rings. The summed E-state index contributed by atoms with van der Waals surface area (Å²) in [5.41, 5.74) is 0. The topological polar surface area (TPSA) is 94.2 Å². The summed E-state index contributed by atoms with van der Waals surface area (Å²) in [4.78, 5) is 14.2. The van der Waals surface area contributed by atoms with Crippen LogP contribution in [-0.2, 0) is 19.4 Å². The van der Waals surface area contributed by atoms with Crippen LogP contribution in [0.5, 0.6) is 11.5 Å². The number of hydrogen-bond acceptors (Lipinski definition) is 7. The zero-order valence-electron chi connectivity index (χ0n) is 15.2. The third kappa shape index (κ3) is 5.86. The molecule has 1 saturated heterocycles. The minimum Gasteiger partial charge on any atom is -0.493 e. The van der Waals surface area contributed by atoms with E-state index in [2.05, 4.69) is 10.2 Å². The predicted octanol–water partition coefficient (Wildman–Crippen LogP) is 0.316. The first-order valence-electron chi connectivity index (χ1n) is 8.48. The molecule has 2 rings (SSSR count). The minimum absolute atomic E-state index is 0.0835. The van der Waals surface area contributed by atoms with Gasteiger partial charge in [0, 0.05) is 38.7 Å². The van der Waals surface area contributed by atoms with Crippen molar-refractivity contribution in [3.8, 4) is 11.5 Å². The summed E-state index contributed by atoms with van der Waals surface area (Å²) in [5, 5.41) is 2.76. The van der Waals surface area contributed by atoms with E-state index in [0.29, 0.717) is 31.3 Å². The molecular weight excluding hydrogens is 360 g/mol. The number of morpholine rings is 1. The molecule has 1 aliphatic heterocycles.